The molecule has 0 aromatic carbocycles. The maximum absolute atomic E-state index is 12.6. The third kappa shape index (κ3) is 2.21. The fourth-order valence-corrected chi connectivity index (χ4v) is 7.93. The topological polar surface area (TPSA) is 74.6 Å². The third-order valence-electron chi connectivity index (χ3n) is 9.35. The summed E-state index contributed by atoms with van der Waals surface area (Å²) in [5, 5.41) is 22.6. The van der Waals surface area contributed by atoms with Crippen molar-refractivity contribution >= 4 is 11.6 Å². The molecule has 146 valence electrons. The van der Waals surface area contributed by atoms with Crippen LogP contribution in [0.1, 0.15) is 78.6 Å². The van der Waals surface area contributed by atoms with Crippen LogP contribution in [0.2, 0.25) is 0 Å². The zero-order valence-corrected chi connectivity index (χ0v) is 16.5. The lowest BCUT2D eigenvalue weighted by Crippen LogP contribution is -2.62. The molecule has 4 saturated carbocycles. The molecule has 4 rings (SSSR count). The first kappa shape index (κ1) is 18.6. The van der Waals surface area contributed by atoms with Crippen LogP contribution in [0.15, 0.2) is 0 Å². The molecule has 26 heavy (non-hydrogen) atoms. The quantitative estimate of drug-likeness (QED) is 0.790. The van der Waals surface area contributed by atoms with Crippen LogP contribution in [0.3, 0.4) is 0 Å². The van der Waals surface area contributed by atoms with E-state index >= 15 is 0 Å². The molecule has 4 fully saturated rings. The predicted molar refractivity (Wildman–Crippen MR) is 98.4 cm³/mol. The Hall–Kier alpha value is -0.740. The fourth-order valence-electron chi connectivity index (χ4n) is 7.93. The van der Waals surface area contributed by atoms with Gasteiger partial charge in [-0.25, -0.2) is 0 Å². The normalized spacial score (nSPS) is 53.6. The molecule has 0 amide bonds. The predicted octanol–water partition coefficient (Wildman–Crippen LogP) is 3.28. The molecule has 2 N–H and O–H groups in total. The molecule has 0 aromatic rings. The molecule has 0 saturated heterocycles. The number of Topliss-reactive ketones (excluding diaryl/α,β-unsaturated/α-hetero) is 2. The molecule has 0 bridgehead atoms. The van der Waals surface area contributed by atoms with Crippen LogP contribution in [-0.4, -0.2) is 33.5 Å². The Morgan fingerprint density at radius 2 is 1.92 bits per heavy atom. The molecule has 0 radical (unpaired) electrons. The van der Waals surface area contributed by atoms with E-state index in [1.165, 1.54) is 0 Å². The van der Waals surface area contributed by atoms with E-state index in [-0.39, 0.29) is 17.1 Å². The molecule has 4 aliphatic rings. The van der Waals surface area contributed by atoms with Crippen LogP contribution in [-0.2, 0) is 9.59 Å². The molecular formula is C22H34O4. The van der Waals surface area contributed by atoms with Crippen molar-refractivity contribution in [3.63, 3.8) is 0 Å². The summed E-state index contributed by atoms with van der Waals surface area (Å²) in [6.07, 6.45) is 6.06. The van der Waals surface area contributed by atoms with Gasteiger partial charge < -0.3 is 10.2 Å². The van der Waals surface area contributed by atoms with Gasteiger partial charge >= 0.3 is 0 Å². The van der Waals surface area contributed by atoms with Gasteiger partial charge in [-0.2, -0.15) is 0 Å². The maximum Gasteiger partial charge on any atom is 0.164 e. The number of aliphatic hydroxyl groups excluding tert-OH is 1. The number of rotatable bonds is 2. The van der Waals surface area contributed by atoms with E-state index in [2.05, 4.69) is 13.8 Å². The molecular weight excluding hydrogens is 328 g/mol. The van der Waals surface area contributed by atoms with E-state index in [1.54, 1.807) is 0 Å². The highest BCUT2D eigenvalue weighted by atomic mass is 16.3. The van der Waals surface area contributed by atoms with Gasteiger partial charge in [0.15, 0.2) is 5.78 Å². The lowest BCUT2D eigenvalue weighted by molar-refractivity contribution is -0.197. The number of carbonyl (C=O) groups excluding carboxylic acids is 2. The Morgan fingerprint density at radius 1 is 1.19 bits per heavy atom. The Labute approximate surface area is 156 Å². The van der Waals surface area contributed by atoms with Crippen molar-refractivity contribution in [3.8, 4) is 0 Å². The first-order chi connectivity index (χ1) is 12.2. The van der Waals surface area contributed by atoms with E-state index in [0.717, 1.165) is 25.7 Å². The molecule has 0 heterocycles. The van der Waals surface area contributed by atoms with Crippen LogP contribution >= 0.6 is 0 Å². The molecule has 8 atom stereocenters. The van der Waals surface area contributed by atoms with Gasteiger partial charge in [0.05, 0.1) is 6.10 Å². The van der Waals surface area contributed by atoms with E-state index in [1.807, 2.05) is 6.92 Å². The third-order valence-corrected chi connectivity index (χ3v) is 9.35. The monoisotopic (exact) mass is 362 g/mol. The minimum absolute atomic E-state index is 0.0209. The van der Waals surface area contributed by atoms with E-state index < -0.39 is 17.1 Å². The molecule has 0 spiro atoms. The second kappa shape index (κ2) is 5.88. The standard InChI is InChI=1S/C22H34O4/c1-4-18(25)22(26)10-8-16-15-6-5-13-11-14(23)7-9-20(13,2)19(15)17(24)12-21(16,22)3/h13,15-17,19,24,26H,4-12H2,1-3H3/t13-,15+,16+,17+,19-,20+,21+,22+/m1/s1. The van der Waals surface area contributed by atoms with E-state index in [0.29, 0.717) is 55.6 Å². The lowest BCUT2D eigenvalue weighted by Gasteiger charge is -2.62. The van der Waals surface area contributed by atoms with Gasteiger partial charge in [0, 0.05) is 24.7 Å². The van der Waals surface area contributed by atoms with Crippen molar-refractivity contribution in [1.29, 1.82) is 0 Å². The van der Waals surface area contributed by atoms with Crippen molar-refractivity contribution in [2.45, 2.75) is 90.3 Å². The second-order valence-electron chi connectivity index (χ2n) is 10.2. The average Bonchev–Trinajstić information content (AvgIpc) is 2.86. The van der Waals surface area contributed by atoms with Gasteiger partial charge in [0.25, 0.3) is 0 Å². The Balaban J connectivity index is 1.70. The molecule has 4 heteroatoms. The number of fused-ring (bicyclic) bond motifs is 5. The summed E-state index contributed by atoms with van der Waals surface area (Å²) in [6.45, 7) is 6.17. The van der Waals surface area contributed by atoms with Gasteiger partial charge in [0.2, 0.25) is 0 Å². The number of hydrogen-bond donors (Lipinski definition) is 2. The lowest BCUT2D eigenvalue weighted by atomic mass is 9.43. The Morgan fingerprint density at radius 3 is 2.62 bits per heavy atom. The zero-order chi connectivity index (χ0) is 18.9. The largest absolute Gasteiger partial charge is 0.393 e. The van der Waals surface area contributed by atoms with Gasteiger partial charge in [0.1, 0.15) is 11.4 Å². The highest BCUT2D eigenvalue weighted by Crippen LogP contribution is 2.68. The van der Waals surface area contributed by atoms with Gasteiger partial charge in [-0.05, 0) is 67.6 Å². The second-order valence-corrected chi connectivity index (χ2v) is 10.2. The number of carbonyl (C=O) groups is 2. The van der Waals surface area contributed by atoms with Crippen molar-refractivity contribution < 1.29 is 19.8 Å². The summed E-state index contributed by atoms with van der Waals surface area (Å²) in [7, 11) is 0. The van der Waals surface area contributed by atoms with Gasteiger partial charge in [-0.1, -0.05) is 20.8 Å². The van der Waals surface area contributed by atoms with Crippen LogP contribution in [0.4, 0.5) is 0 Å². The fraction of sp³-hybridized carbons (Fsp3) is 0.909. The molecule has 4 aliphatic carbocycles. The van der Waals surface area contributed by atoms with Crippen LogP contribution in [0.25, 0.3) is 0 Å². The van der Waals surface area contributed by atoms with E-state index in [9.17, 15) is 19.8 Å². The first-order valence-corrected chi connectivity index (χ1v) is 10.6. The van der Waals surface area contributed by atoms with Crippen molar-refractivity contribution in [3.05, 3.63) is 0 Å². The molecule has 0 aromatic heterocycles. The summed E-state index contributed by atoms with van der Waals surface area (Å²) >= 11 is 0. The number of aliphatic hydroxyl groups is 2. The minimum Gasteiger partial charge on any atom is -0.393 e. The van der Waals surface area contributed by atoms with Gasteiger partial charge in [-0.3, -0.25) is 9.59 Å². The summed E-state index contributed by atoms with van der Waals surface area (Å²) < 4.78 is 0. The highest BCUT2D eigenvalue weighted by molar-refractivity contribution is 5.88. The van der Waals surface area contributed by atoms with Crippen molar-refractivity contribution in [2.24, 2.45) is 34.5 Å². The molecule has 4 nitrogen and oxygen atoms in total. The average molecular weight is 363 g/mol. The number of hydrogen-bond acceptors (Lipinski definition) is 4. The maximum atomic E-state index is 12.6. The zero-order valence-electron chi connectivity index (χ0n) is 16.5. The van der Waals surface area contributed by atoms with Crippen LogP contribution in [0.5, 0.6) is 0 Å². The summed E-state index contributed by atoms with van der Waals surface area (Å²) in [5.74, 6) is 1.57. The SMILES string of the molecule is CCC(=O)[C@@]1(O)CC[C@H]2[C@@H]3CC[C@@H]4CC(=O)CC[C@]4(C)[C@H]3[C@@H](O)C[C@@]21C. The number of ketones is 2. The summed E-state index contributed by atoms with van der Waals surface area (Å²) in [4.78, 5) is 24.6. The van der Waals surface area contributed by atoms with Crippen LogP contribution < -0.4 is 0 Å². The van der Waals surface area contributed by atoms with E-state index in [4.69, 9.17) is 0 Å². The molecule has 0 unspecified atom stereocenters. The van der Waals surface area contributed by atoms with Crippen molar-refractivity contribution in [2.75, 3.05) is 0 Å². The van der Waals surface area contributed by atoms with Crippen LogP contribution in [0, 0.1) is 34.5 Å². The molecule has 0 aliphatic heterocycles. The smallest absolute Gasteiger partial charge is 0.164 e. The summed E-state index contributed by atoms with van der Waals surface area (Å²) in [6, 6.07) is 0. The van der Waals surface area contributed by atoms with Crippen molar-refractivity contribution in [1.82, 2.24) is 0 Å². The Bertz CT molecular complexity index is 630. The summed E-state index contributed by atoms with van der Waals surface area (Å²) in [5.41, 5.74) is -1.78. The highest BCUT2D eigenvalue weighted by Gasteiger charge is 2.68. The minimum atomic E-state index is -1.28. The Kier molecular flexibility index (Phi) is 4.21. The van der Waals surface area contributed by atoms with Gasteiger partial charge in [-0.15, -0.1) is 0 Å². The first-order valence-electron chi connectivity index (χ1n) is 10.6.